The summed E-state index contributed by atoms with van der Waals surface area (Å²) in [5, 5.41) is 17.6. The highest BCUT2D eigenvalue weighted by Crippen LogP contribution is 2.43. The van der Waals surface area contributed by atoms with Gasteiger partial charge in [0, 0.05) is 29.3 Å². The third-order valence-electron chi connectivity index (χ3n) is 5.55. The molecule has 0 radical (unpaired) electrons. The van der Waals surface area contributed by atoms with E-state index >= 15 is 0 Å². The van der Waals surface area contributed by atoms with E-state index in [0.717, 1.165) is 28.9 Å². The Bertz CT molecular complexity index is 1820. The van der Waals surface area contributed by atoms with Crippen LogP contribution in [0.1, 0.15) is 25.9 Å². The molecule has 5 rings (SSSR count). The minimum Gasteiger partial charge on any atom is -0.464 e. The molecule has 4 heterocycles. The van der Waals surface area contributed by atoms with E-state index in [0.29, 0.717) is 11.3 Å². The van der Waals surface area contributed by atoms with E-state index in [9.17, 15) is 37.3 Å². The summed E-state index contributed by atoms with van der Waals surface area (Å²) in [4.78, 5) is 38.8. The fourth-order valence-corrected chi connectivity index (χ4v) is 4.79. The Labute approximate surface area is 229 Å². The molecule has 12 nitrogen and oxygen atoms in total. The largest absolute Gasteiger partial charge is 0.464 e. The van der Waals surface area contributed by atoms with Gasteiger partial charge >= 0.3 is 11.9 Å². The number of nitro groups is 1. The molecule has 2 amide bonds. The minimum atomic E-state index is -4.82. The maximum absolute atomic E-state index is 13.6. The van der Waals surface area contributed by atoms with E-state index in [4.69, 9.17) is 14.9 Å². The summed E-state index contributed by atoms with van der Waals surface area (Å²) in [6, 6.07) is 7.45. The molecule has 0 spiro atoms. The summed E-state index contributed by atoms with van der Waals surface area (Å²) in [5.41, 5.74) is 3.21. The molecule has 0 fully saturated rings. The molecule has 0 saturated carbocycles. The number of halogens is 4. The first-order valence-corrected chi connectivity index (χ1v) is 12.0. The number of nitrogens with one attached hydrogen (secondary N) is 1. The zero-order valence-corrected chi connectivity index (χ0v) is 21.0. The summed E-state index contributed by atoms with van der Waals surface area (Å²) < 4.78 is 65.9. The van der Waals surface area contributed by atoms with Gasteiger partial charge in [-0.3, -0.25) is 19.7 Å². The number of ether oxygens (including phenoxy) is 1. The van der Waals surface area contributed by atoms with Gasteiger partial charge in [-0.15, -0.1) is 11.3 Å². The number of nitrogens with two attached hydrogens (primary N) is 1. The van der Waals surface area contributed by atoms with Crippen LogP contribution in [0.2, 0.25) is 0 Å². The first-order chi connectivity index (χ1) is 19.4. The van der Waals surface area contributed by atoms with E-state index in [-0.39, 0.29) is 43.5 Å². The van der Waals surface area contributed by atoms with Gasteiger partial charge in [-0.05, 0) is 30.3 Å². The number of carbonyl (C=O) groups is 2. The number of nitrogens with zero attached hydrogens (tertiary/aromatic N) is 4. The van der Waals surface area contributed by atoms with Crippen LogP contribution in [0.25, 0.3) is 21.5 Å². The van der Waals surface area contributed by atoms with Crippen molar-refractivity contribution in [1.29, 1.82) is 0 Å². The second-order valence-corrected chi connectivity index (χ2v) is 9.22. The van der Waals surface area contributed by atoms with Gasteiger partial charge in [0.1, 0.15) is 27.0 Å². The quantitative estimate of drug-likeness (QED) is 0.141. The van der Waals surface area contributed by atoms with Crippen molar-refractivity contribution in [2.45, 2.75) is 12.9 Å². The van der Waals surface area contributed by atoms with Gasteiger partial charge < -0.3 is 20.2 Å². The number of carbonyl (C=O) groups excluding carboxylic acids is 2. The molecule has 210 valence electrons. The van der Waals surface area contributed by atoms with Crippen molar-refractivity contribution >= 4 is 44.7 Å². The number of aromatic nitrogens is 3. The number of rotatable bonds is 8. The number of furan rings is 1. The molecule has 4 aromatic heterocycles. The van der Waals surface area contributed by atoms with Gasteiger partial charge in [-0.1, -0.05) is 0 Å². The van der Waals surface area contributed by atoms with Crippen LogP contribution in [0, 0.1) is 15.9 Å². The van der Waals surface area contributed by atoms with Crippen LogP contribution >= 0.6 is 11.3 Å². The summed E-state index contributed by atoms with van der Waals surface area (Å²) in [6.07, 6.45) is -2.30. The summed E-state index contributed by atoms with van der Waals surface area (Å²) in [6.45, 7) is -0.446. The molecule has 0 bridgehead atoms. The van der Waals surface area contributed by atoms with Crippen molar-refractivity contribution < 1.29 is 41.2 Å². The molecule has 0 unspecified atom stereocenters. The van der Waals surface area contributed by atoms with Crippen molar-refractivity contribution in [3.8, 4) is 17.1 Å². The van der Waals surface area contributed by atoms with Gasteiger partial charge in [-0.2, -0.15) is 18.3 Å². The number of fused-ring (bicyclic) bond motifs is 1. The minimum absolute atomic E-state index is 0.0127. The van der Waals surface area contributed by atoms with Gasteiger partial charge in [0.05, 0.1) is 16.9 Å². The Morgan fingerprint density at radius 2 is 2.00 bits per heavy atom. The highest BCUT2D eigenvalue weighted by molar-refractivity contribution is 7.21. The molecule has 0 saturated heterocycles. The van der Waals surface area contributed by atoms with Crippen molar-refractivity contribution in [3.63, 3.8) is 0 Å². The van der Waals surface area contributed by atoms with Crippen molar-refractivity contribution in [1.82, 2.24) is 14.8 Å². The van der Waals surface area contributed by atoms with E-state index in [1.54, 1.807) is 0 Å². The number of hydrogen-bond acceptors (Lipinski definition) is 9. The Hall–Kier alpha value is -5.32. The van der Waals surface area contributed by atoms with E-state index < -0.39 is 46.8 Å². The lowest BCUT2D eigenvalue weighted by Crippen LogP contribution is -2.18. The number of primary amides is 1. The zero-order valence-electron chi connectivity index (χ0n) is 20.1. The Balaban J connectivity index is 1.47. The van der Waals surface area contributed by atoms with E-state index in [1.807, 2.05) is 0 Å². The third kappa shape index (κ3) is 5.42. The van der Waals surface area contributed by atoms with Crippen molar-refractivity contribution in [2.24, 2.45) is 5.73 Å². The second-order valence-electron chi connectivity index (χ2n) is 8.22. The fraction of sp³-hybridized carbons (Fsp3) is 0.0833. The molecule has 0 aliphatic heterocycles. The molecule has 0 aliphatic carbocycles. The molecule has 0 aliphatic rings. The predicted molar refractivity (Wildman–Crippen MR) is 135 cm³/mol. The molecule has 17 heteroatoms. The summed E-state index contributed by atoms with van der Waals surface area (Å²) in [5.74, 6) is -3.04. The molecule has 3 N–H and O–H groups in total. The number of thiophene rings is 1. The number of hydrogen-bond donors (Lipinski definition) is 2. The molecule has 41 heavy (non-hydrogen) atoms. The van der Waals surface area contributed by atoms with Crippen molar-refractivity contribution in [2.75, 3.05) is 5.32 Å². The number of anilines is 1. The summed E-state index contributed by atoms with van der Waals surface area (Å²) in [7, 11) is 0. The lowest BCUT2D eigenvalue weighted by atomic mass is 10.1. The van der Waals surface area contributed by atoms with Gasteiger partial charge in [-0.25, -0.2) is 14.1 Å². The third-order valence-corrected chi connectivity index (χ3v) is 6.64. The number of alkyl halides is 3. The maximum atomic E-state index is 13.6. The van der Waals surface area contributed by atoms with Crippen LogP contribution in [0.4, 0.5) is 28.9 Å². The van der Waals surface area contributed by atoms with E-state index in [2.05, 4.69) is 15.4 Å². The van der Waals surface area contributed by atoms with Gasteiger partial charge in [0.25, 0.3) is 11.8 Å². The molecule has 0 atom stereocenters. The first kappa shape index (κ1) is 27.3. The lowest BCUT2D eigenvalue weighted by Gasteiger charge is -2.10. The highest BCUT2D eigenvalue weighted by Gasteiger charge is 2.35. The van der Waals surface area contributed by atoms with Crippen LogP contribution in [-0.4, -0.2) is 31.5 Å². The monoisotopic (exact) mass is 590 g/mol. The average molecular weight is 590 g/mol. The Morgan fingerprint density at radius 1 is 1.22 bits per heavy atom. The van der Waals surface area contributed by atoms with Crippen LogP contribution in [-0.2, 0) is 12.9 Å². The Morgan fingerprint density at radius 3 is 2.66 bits per heavy atom. The van der Waals surface area contributed by atoms with Crippen LogP contribution in [0.15, 0.2) is 59.3 Å². The summed E-state index contributed by atoms with van der Waals surface area (Å²) >= 11 is 0.553. The number of amides is 2. The number of benzene rings is 1. The SMILES string of the molecule is NC(=O)c1sc2nc(C(F)(F)F)cc(-c3ccco3)c2c1NC(=O)c1ccn(COc2cc(F)ccc2[N+](=O)[O-])n1. The standard InChI is InChI=1S/C24H14F4N6O6S/c25-11-3-4-14(34(37)38)16(8-11)40-10-33-6-5-13(32-33)22(36)31-19-18-12(15-2-1-7-39-15)9-17(24(26,27)28)30-23(18)41-20(19)21(29)35/h1-9H,10H2,(H2,29,35)(H,31,36). The molecule has 1 aromatic carbocycles. The predicted octanol–water partition coefficient (Wildman–Crippen LogP) is 5.21. The number of nitro benzene ring substituents is 1. The average Bonchev–Trinajstić information content (AvgIpc) is 3.67. The molecule has 5 aromatic rings. The normalized spacial score (nSPS) is 11.5. The van der Waals surface area contributed by atoms with Crippen molar-refractivity contribution in [3.05, 3.63) is 87.1 Å². The maximum Gasteiger partial charge on any atom is 0.433 e. The lowest BCUT2D eigenvalue weighted by molar-refractivity contribution is -0.386. The van der Waals surface area contributed by atoms with Crippen LogP contribution < -0.4 is 15.8 Å². The fourth-order valence-electron chi connectivity index (χ4n) is 3.78. The molecular weight excluding hydrogens is 576 g/mol. The zero-order chi connectivity index (χ0) is 29.5. The first-order valence-electron chi connectivity index (χ1n) is 11.2. The smallest absolute Gasteiger partial charge is 0.433 e. The number of pyridine rings is 1. The van der Waals surface area contributed by atoms with Gasteiger partial charge in [0.15, 0.2) is 12.4 Å². The van der Waals surface area contributed by atoms with Gasteiger partial charge in [0.2, 0.25) is 5.75 Å². The molecular formula is C24H14F4N6O6S. The van der Waals surface area contributed by atoms with E-state index in [1.165, 1.54) is 30.7 Å². The highest BCUT2D eigenvalue weighted by atomic mass is 32.1. The topological polar surface area (TPSA) is 168 Å². The van der Waals surface area contributed by atoms with Crippen LogP contribution in [0.5, 0.6) is 5.75 Å². The Kier molecular flexibility index (Phi) is 6.87. The van der Waals surface area contributed by atoms with Crippen LogP contribution in [0.3, 0.4) is 0 Å². The second kappa shape index (κ2) is 10.3.